The van der Waals surface area contributed by atoms with Crippen molar-refractivity contribution in [3.8, 4) is 0 Å². The number of amides is 1. The van der Waals surface area contributed by atoms with Crippen LogP contribution < -0.4 is 5.32 Å². The van der Waals surface area contributed by atoms with Crippen molar-refractivity contribution in [2.24, 2.45) is 0 Å². The summed E-state index contributed by atoms with van der Waals surface area (Å²) in [6, 6.07) is 7.39. The van der Waals surface area contributed by atoms with E-state index in [4.69, 9.17) is 11.6 Å². The van der Waals surface area contributed by atoms with Crippen molar-refractivity contribution in [3.63, 3.8) is 0 Å². The number of rotatable bonds is 3. The Kier molecular flexibility index (Phi) is 4.06. The molecule has 0 aliphatic heterocycles. The van der Waals surface area contributed by atoms with Crippen LogP contribution in [0.15, 0.2) is 47.6 Å². The van der Waals surface area contributed by atoms with Gasteiger partial charge in [-0.3, -0.25) is 9.78 Å². The quantitative estimate of drug-likeness (QED) is 0.944. The van der Waals surface area contributed by atoms with E-state index in [1.54, 1.807) is 0 Å². The average molecular weight is 311 g/mol. The molecule has 104 valence electrons. The molecule has 2 rings (SSSR count). The Labute approximate surface area is 121 Å². The molecule has 1 amide bonds. The van der Waals surface area contributed by atoms with Crippen LogP contribution in [0.25, 0.3) is 0 Å². The molecule has 5 nitrogen and oxygen atoms in total. The fourth-order valence-corrected chi connectivity index (χ4v) is 2.35. The zero-order valence-corrected chi connectivity index (χ0v) is 12.1. The summed E-state index contributed by atoms with van der Waals surface area (Å²) in [5.74, 6) is -0.407. The Hall–Kier alpha value is -1.92. The van der Waals surface area contributed by atoms with Crippen LogP contribution in [0.2, 0.25) is 5.02 Å². The largest absolute Gasteiger partial charge is 0.322 e. The number of anilines is 1. The smallest absolute Gasteiger partial charge is 0.258 e. The second-order valence-electron chi connectivity index (χ2n) is 4.11. The normalized spacial score (nSPS) is 11.1. The lowest BCUT2D eigenvalue weighted by Crippen LogP contribution is -2.12. The molecule has 0 aliphatic carbocycles. The topological polar surface area (TPSA) is 76.1 Å². The molecule has 0 saturated heterocycles. The maximum atomic E-state index is 12.0. The number of nitrogens with zero attached hydrogens (tertiary/aromatic N) is 1. The number of halogens is 1. The number of carbonyl (C=O) groups excluding carboxylic acids is 1. The molecule has 0 fully saturated rings. The summed E-state index contributed by atoms with van der Waals surface area (Å²) < 4.78 is 22.6. The van der Waals surface area contributed by atoms with Gasteiger partial charge in [-0.15, -0.1) is 0 Å². The first-order valence-corrected chi connectivity index (χ1v) is 7.86. The molecular weight excluding hydrogens is 300 g/mol. The molecule has 1 aromatic heterocycles. The molecule has 0 unspecified atom stereocenters. The standard InChI is InChI=1S/C13H11ClN2O3S/c1-20(18,19)10-4-2-9(3-5-10)16-13(17)11-8-15-7-6-12(11)14/h2-8H,1H3,(H,16,17). The summed E-state index contributed by atoms with van der Waals surface area (Å²) >= 11 is 5.89. The summed E-state index contributed by atoms with van der Waals surface area (Å²) in [4.78, 5) is 16.0. The maximum absolute atomic E-state index is 12.0. The van der Waals surface area contributed by atoms with Gasteiger partial charge in [-0.05, 0) is 30.3 Å². The van der Waals surface area contributed by atoms with E-state index in [-0.39, 0.29) is 10.5 Å². The fourth-order valence-electron chi connectivity index (χ4n) is 1.53. The van der Waals surface area contributed by atoms with Gasteiger partial charge in [0.15, 0.2) is 9.84 Å². The van der Waals surface area contributed by atoms with E-state index in [0.29, 0.717) is 10.7 Å². The lowest BCUT2D eigenvalue weighted by molar-refractivity contribution is 0.102. The van der Waals surface area contributed by atoms with Gasteiger partial charge < -0.3 is 5.32 Å². The predicted molar refractivity (Wildman–Crippen MR) is 76.8 cm³/mol. The van der Waals surface area contributed by atoms with Crippen molar-refractivity contribution in [2.45, 2.75) is 4.90 Å². The highest BCUT2D eigenvalue weighted by atomic mass is 35.5. The second kappa shape index (κ2) is 5.60. The molecule has 0 saturated carbocycles. The first-order valence-electron chi connectivity index (χ1n) is 5.59. The molecule has 0 radical (unpaired) electrons. The predicted octanol–water partition coefficient (Wildman–Crippen LogP) is 2.39. The minimum atomic E-state index is -3.25. The zero-order chi connectivity index (χ0) is 14.8. The monoisotopic (exact) mass is 310 g/mol. The van der Waals surface area contributed by atoms with Crippen molar-refractivity contribution >= 4 is 33.0 Å². The van der Waals surface area contributed by atoms with Crippen LogP contribution in [0.1, 0.15) is 10.4 Å². The zero-order valence-electron chi connectivity index (χ0n) is 10.5. The summed E-state index contributed by atoms with van der Waals surface area (Å²) in [6.07, 6.45) is 3.97. The van der Waals surface area contributed by atoms with E-state index >= 15 is 0 Å². The number of hydrogen-bond donors (Lipinski definition) is 1. The Morgan fingerprint density at radius 2 is 1.85 bits per heavy atom. The van der Waals surface area contributed by atoms with Crippen molar-refractivity contribution in [1.29, 1.82) is 0 Å². The van der Waals surface area contributed by atoms with Crippen LogP contribution >= 0.6 is 11.6 Å². The van der Waals surface area contributed by atoms with E-state index in [9.17, 15) is 13.2 Å². The van der Waals surface area contributed by atoms with E-state index in [1.165, 1.54) is 42.7 Å². The third-order valence-electron chi connectivity index (χ3n) is 2.55. The first kappa shape index (κ1) is 14.5. The third kappa shape index (κ3) is 3.34. The van der Waals surface area contributed by atoms with Crippen LogP contribution in [0.4, 0.5) is 5.69 Å². The van der Waals surface area contributed by atoms with Crippen LogP contribution in [-0.4, -0.2) is 25.6 Å². The molecule has 1 heterocycles. The van der Waals surface area contributed by atoms with Crippen molar-refractivity contribution in [3.05, 3.63) is 53.3 Å². The van der Waals surface area contributed by atoms with Gasteiger partial charge in [0.25, 0.3) is 5.91 Å². The summed E-state index contributed by atoms with van der Waals surface area (Å²) in [5, 5.41) is 2.92. The van der Waals surface area contributed by atoms with Gasteiger partial charge in [-0.1, -0.05) is 11.6 Å². The summed E-state index contributed by atoms with van der Waals surface area (Å²) in [5.41, 5.74) is 0.726. The number of pyridine rings is 1. The molecule has 0 bridgehead atoms. The third-order valence-corrected chi connectivity index (χ3v) is 4.01. The van der Waals surface area contributed by atoms with E-state index in [0.717, 1.165) is 6.26 Å². The number of sulfone groups is 1. The summed E-state index contributed by atoms with van der Waals surface area (Å²) in [7, 11) is -3.25. The Morgan fingerprint density at radius 3 is 2.40 bits per heavy atom. The highest BCUT2D eigenvalue weighted by Crippen LogP contribution is 2.17. The van der Waals surface area contributed by atoms with Gasteiger partial charge in [0, 0.05) is 24.3 Å². The van der Waals surface area contributed by atoms with Gasteiger partial charge in [0.05, 0.1) is 15.5 Å². The van der Waals surface area contributed by atoms with E-state index in [1.807, 2.05) is 0 Å². The molecular formula is C13H11ClN2O3S. The number of carbonyl (C=O) groups is 1. The SMILES string of the molecule is CS(=O)(=O)c1ccc(NC(=O)c2cnccc2Cl)cc1. The van der Waals surface area contributed by atoms with Gasteiger partial charge in [-0.25, -0.2) is 8.42 Å². The van der Waals surface area contributed by atoms with Crippen LogP contribution in [0, 0.1) is 0 Å². The molecule has 20 heavy (non-hydrogen) atoms. The highest BCUT2D eigenvalue weighted by Gasteiger charge is 2.11. The van der Waals surface area contributed by atoms with Gasteiger partial charge >= 0.3 is 0 Å². The number of benzene rings is 1. The van der Waals surface area contributed by atoms with Crippen molar-refractivity contribution in [2.75, 3.05) is 11.6 Å². The lowest BCUT2D eigenvalue weighted by Gasteiger charge is -2.06. The molecule has 0 atom stereocenters. The molecule has 1 N–H and O–H groups in total. The maximum Gasteiger partial charge on any atom is 0.258 e. The minimum absolute atomic E-state index is 0.190. The van der Waals surface area contributed by atoms with Crippen LogP contribution in [-0.2, 0) is 9.84 Å². The number of aromatic nitrogens is 1. The van der Waals surface area contributed by atoms with Crippen LogP contribution in [0.3, 0.4) is 0 Å². The summed E-state index contributed by atoms with van der Waals surface area (Å²) in [6.45, 7) is 0. The van der Waals surface area contributed by atoms with E-state index in [2.05, 4.69) is 10.3 Å². The molecule has 2 aromatic rings. The van der Waals surface area contributed by atoms with Crippen molar-refractivity contribution in [1.82, 2.24) is 4.98 Å². The number of nitrogens with one attached hydrogen (secondary N) is 1. The van der Waals surface area contributed by atoms with Crippen LogP contribution in [0.5, 0.6) is 0 Å². The second-order valence-corrected chi connectivity index (χ2v) is 6.53. The molecule has 0 aliphatic rings. The van der Waals surface area contributed by atoms with Crippen molar-refractivity contribution < 1.29 is 13.2 Å². The molecule has 1 aromatic carbocycles. The number of hydrogen-bond acceptors (Lipinski definition) is 4. The lowest BCUT2D eigenvalue weighted by atomic mass is 10.2. The Morgan fingerprint density at radius 1 is 1.20 bits per heavy atom. The molecule has 0 spiro atoms. The molecule has 7 heteroatoms. The van der Waals surface area contributed by atoms with Gasteiger partial charge in [-0.2, -0.15) is 0 Å². The van der Waals surface area contributed by atoms with Gasteiger partial charge in [0.2, 0.25) is 0 Å². The average Bonchev–Trinajstić information content (AvgIpc) is 2.38. The first-order chi connectivity index (χ1) is 9.38. The Balaban J connectivity index is 2.19. The minimum Gasteiger partial charge on any atom is -0.322 e. The van der Waals surface area contributed by atoms with E-state index < -0.39 is 15.7 Å². The Bertz CT molecular complexity index is 742. The fraction of sp³-hybridized carbons (Fsp3) is 0.0769. The highest BCUT2D eigenvalue weighted by molar-refractivity contribution is 7.90. The van der Waals surface area contributed by atoms with Gasteiger partial charge in [0.1, 0.15) is 0 Å².